The standard InChI is InChI=1S/C13H18N2OS2/c1-18-11-6-2-5-10(12(11)13(14)17)15-8-9-4-3-7-16-9/h2,5-6,9,15H,3-4,7-8H2,1H3,(H2,14,17). The number of benzene rings is 1. The molecule has 5 heteroatoms. The van der Waals surface area contributed by atoms with Crippen LogP contribution in [-0.4, -0.2) is 30.5 Å². The fourth-order valence-corrected chi connectivity index (χ4v) is 3.06. The largest absolute Gasteiger partial charge is 0.389 e. The molecule has 1 aliphatic rings. The lowest BCUT2D eigenvalue weighted by atomic mass is 10.1. The molecule has 98 valence electrons. The van der Waals surface area contributed by atoms with Crippen LogP contribution in [-0.2, 0) is 4.74 Å². The van der Waals surface area contributed by atoms with E-state index in [4.69, 9.17) is 22.7 Å². The highest BCUT2D eigenvalue weighted by Gasteiger charge is 2.16. The van der Waals surface area contributed by atoms with Gasteiger partial charge in [0.1, 0.15) is 4.99 Å². The van der Waals surface area contributed by atoms with E-state index in [2.05, 4.69) is 5.32 Å². The van der Waals surface area contributed by atoms with Crippen molar-refractivity contribution in [2.75, 3.05) is 24.7 Å². The van der Waals surface area contributed by atoms with Crippen LogP contribution < -0.4 is 11.1 Å². The van der Waals surface area contributed by atoms with Gasteiger partial charge < -0.3 is 15.8 Å². The molecule has 0 amide bonds. The van der Waals surface area contributed by atoms with Crippen LogP contribution in [0.5, 0.6) is 0 Å². The average Bonchev–Trinajstić information content (AvgIpc) is 2.88. The first kappa shape index (κ1) is 13.6. The number of thiocarbonyl (C=S) groups is 1. The van der Waals surface area contributed by atoms with E-state index >= 15 is 0 Å². The predicted molar refractivity (Wildman–Crippen MR) is 81.6 cm³/mol. The summed E-state index contributed by atoms with van der Waals surface area (Å²) in [5.41, 5.74) is 7.77. The van der Waals surface area contributed by atoms with Gasteiger partial charge in [-0.25, -0.2) is 0 Å². The van der Waals surface area contributed by atoms with Gasteiger partial charge in [0.25, 0.3) is 0 Å². The third-order valence-electron chi connectivity index (χ3n) is 3.04. The third-order valence-corrected chi connectivity index (χ3v) is 4.02. The minimum Gasteiger partial charge on any atom is -0.389 e. The quantitative estimate of drug-likeness (QED) is 0.642. The van der Waals surface area contributed by atoms with Crippen molar-refractivity contribution in [1.29, 1.82) is 0 Å². The Bertz CT molecular complexity index is 431. The SMILES string of the molecule is CSc1cccc(NCC2CCCO2)c1C(N)=S. The first-order chi connectivity index (χ1) is 8.72. The van der Waals surface area contributed by atoms with Crippen molar-refractivity contribution in [2.45, 2.75) is 23.8 Å². The van der Waals surface area contributed by atoms with E-state index in [9.17, 15) is 0 Å². The Morgan fingerprint density at radius 2 is 2.44 bits per heavy atom. The van der Waals surface area contributed by atoms with E-state index in [0.717, 1.165) is 42.1 Å². The predicted octanol–water partition coefficient (Wildman–Crippen LogP) is 2.63. The lowest BCUT2D eigenvalue weighted by Gasteiger charge is -2.16. The van der Waals surface area contributed by atoms with Crippen LogP contribution in [0.25, 0.3) is 0 Å². The first-order valence-corrected chi connectivity index (χ1v) is 7.68. The molecule has 0 bridgehead atoms. The van der Waals surface area contributed by atoms with E-state index in [0.29, 0.717) is 11.1 Å². The Morgan fingerprint density at radius 1 is 1.61 bits per heavy atom. The Balaban J connectivity index is 2.13. The second kappa shape index (κ2) is 6.41. The van der Waals surface area contributed by atoms with Gasteiger partial charge in [-0.1, -0.05) is 18.3 Å². The van der Waals surface area contributed by atoms with Crippen molar-refractivity contribution in [3.8, 4) is 0 Å². The van der Waals surface area contributed by atoms with E-state index in [1.165, 1.54) is 0 Å². The van der Waals surface area contributed by atoms with Crippen LogP contribution in [0.1, 0.15) is 18.4 Å². The van der Waals surface area contributed by atoms with Gasteiger partial charge in [0, 0.05) is 29.3 Å². The van der Waals surface area contributed by atoms with Crippen LogP contribution in [0.2, 0.25) is 0 Å². The maximum atomic E-state index is 5.82. The molecule has 18 heavy (non-hydrogen) atoms. The van der Waals surface area contributed by atoms with Crippen LogP contribution in [0.15, 0.2) is 23.1 Å². The summed E-state index contributed by atoms with van der Waals surface area (Å²) in [5, 5.41) is 3.41. The molecule has 3 N–H and O–H groups in total. The molecular weight excluding hydrogens is 264 g/mol. The normalized spacial score (nSPS) is 18.8. The number of hydrogen-bond acceptors (Lipinski definition) is 4. The molecule has 1 fully saturated rings. The van der Waals surface area contributed by atoms with E-state index in [-0.39, 0.29) is 0 Å². The third kappa shape index (κ3) is 3.16. The summed E-state index contributed by atoms with van der Waals surface area (Å²) in [6.07, 6.45) is 4.61. The van der Waals surface area contributed by atoms with Crippen molar-refractivity contribution in [2.24, 2.45) is 5.73 Å². The number of thioether (sulfide) groups is 1. The van der Waals surface area contributed by atoms with Gasteiger partial charge in [-0.3, -0.25) is 0 Å². The molecular formula is C13H18N2OS2. The molecule has 0 aliphatic carbocycles. The number of hydrogen-bond donors (Lipinski definition) is 2. The fraction of sp³-hybridized carbons (Fsp3) is 0.462. The van der Waals surface area contributed by atoms with E-state index < -0.39 is 0 Å². The number of ether oxygens (including phenoxy) is 1. The highest BCUT2D eigenvalue weighted by molar-refractivity contribution is 7.98. The molecule has 0 spiro atoms. The summed E-state index contributed by atoms with van der Waals surface area (Å²) in [4.78, 5) is 1.55. The average molecular weight is 282 g/mol. The topological polar surface area (TPSA) is 47.3 Å². The van der Waals surface area contributed by atoms with Gasteiger partial charge in [-0.2, -0.15) is 0 Å². The Labute approximate surface area is 117 Å². The molecule has 1 aromatic rings. The Morgan fingerprint density at radius 3 is 3.06 bits per heavy atom. The lowest BCUT2D eigenvalue weighted by molar-refractivity contribution is 0.120. The minimum atomic E-state index is 0.308. The fourth-order valence-electron chi connectivity index (χ4n) is 2.13. The van der Waals surface area contributed by atoms with Gasteiger partial charge in [0.05, 0.1) is 6.10 Å². The molecule has 1 saturated heterocycles. The number of rotatable bonds is 5. The van der Waals surface area contributed by atoms with Gasteiger partial charge >= 0.3 is 0 Å². The summed E-state index contributed by atoms with van der Waals surface area (Å²) >= 11 is 6.80. The Hall–Kier alpha value is -0.780. The first-order valence-electron chi connectivity index (χ1n) is 6.04. The molecule has 0 saturated carbocycles. The number of anilines is 1. The zero-order valence-corrected chi connectivity index (χ0v) is 12.1. The van der Waals surface area contributed by atoms with Crippen LogP contribution >= 0.6 is 24.0 Å². The highest BCUT2D eigenvalue weighted by Crippen LogP contribution is 2.27. The van der Waals surface area contributed by atoms with Gasteiger partial charge in [0.15, 0.2) is 0 Å². The molecule has 1 aliphatic heterocycles. The smallest absolute Gasteiger partial charge is 0.107 e. The molecule has 1 aromatic carbocycles. The van der Waals surface area contributed by atoms with E-state index in [1.54, 1.807) is 11.8 Å². The Kier molecular flexibility index (Phi) is 4.86. The lowest BCUT2D eigenvalue weighted by Crippen LogP contribution is -2.21. The summed E-state index contributed by atoms with van der Waals surface area (Å²) in [6, 6.07) is 6.07. The molecule has 1 heterocycles. The van der Waals surface area contributed by atoms with Crippen molar-refractivity contribution >= 4 is 34.7 Å². The molecule has 1 unspecified atom stereocenters. The second-order valence-electron chi connectivity index (χ2n) is 4.26. The summed E-state index contributed by atoms with van der Waals surface area (Å²) in [5.74, 6) is 0. The van der Waals surface area contributed by atoms with Crippen LogP contribution in [0.3, 0.4) is 0 Å². The zero-order valence-electron chi connectivity index (χ0n) is 10.4. The molecule has 0 radical (unpaired) electrons. The maximum Gasteiger partial charge on any atom is 0.107 e. The van der Waals surface area contributed by atoms with Crippen molar-refractivity contribution in [3.05, 3.63) is 23.8 Å². The van der Waals surface area contributed by atoms with Crippen molar-refractivity contribution < 1.29 is 4.74 Å². The summed E-state index contributed by atoms with van der Waals surface area (Å²) in [7, 11) is 0. The van der Waals surface area contributed by atoms with E-state index in [1.807, 2.05) is 24.5 Å². The van der Waals surface area contributed by atoms with Crippen LogP contribution in [0, 0.1) is 0 Å². The highest BCUT2D eigenvalue weighted by atomic mass is 32.2. The van der Waals surface area contributed by atoms with Gasteiger partial charge in [-0.15, -0.1) is 11.8 Å². The van der Waals surface area contributed by atoms with Gasteiger partial charge in [0.2, 0.25) is 0 Å². The molecule has 3 nitrogen and oxygen atoms in total. The second-order valence-corrected chi connectivity index (χ2v) is 5.55. The molecule has 2 rings (SSSR count). The van der Waals surface area contributed by atoms with Crippen molar-refractivity contribution in [1.82, 2.24) is 0 Å². The summed E-state index contributed by atoms with van der Waals surface area (Å²) in [6.45, 7) is 1.69. The van der Waals surface area contributed by atoms with Crippen molar-refractivity contribution in [3.63, 3.8) is 0 Å². The molecule has 0 aromatic heterocycles. The number of nitrogens with two attached hydrogens (primary N) is 1. The molecule has 1 atom stereocenters. The zero-order chi connectivity index (χ0) is 13.0. The maximum absolute atomic E-state index is 5.82. The van der Waals surface area contributed by atoms with Gasteiger partial charge in [-0.05, 0) is 31.2 Å². The monoisotopic (exact) mass is 282 g/mol. The van der Waals surface area contributed by atoms with Crippen LogP contribution in [0.4, 0.5) is 5.69 Å². The number of nitrogens with one attached hydrogen (secondary N) is 1. The summed E-state index contributed by atoms with van der Waals surface area (Å²) < 4.78 is 5.60. The minimum absolute atomic E-state index is 0.308.